The van der Waals surface area contributed by atoms with Gasteiger partial charge < -0.3 is 10.2 Å². The molecule has 2 aromatic heterocycles. The zero-order chi connectivity index (χ0) is 17.1. The number of piperazine rings is 1. The van der Waals surface area contributed by atoms with Crippen LogP contribution in [-0.4, -0.2) is 50.6 Å². The number of nitrogens with zero attached hydrogens (tertiary/aromatic N) is 4. The maximum absolute atomic E-state index is 12.9. The van der Waals surface area contributed by atoms with Gasteiger partial charge in [-0.2, -0.15) is 5.10 Å². The topological polar surface area (TPSA) is 80.1 Å². The first-order chi connectivity index (χ1) is 11.6. The zero-order valence-electron chi connectivity index (χ0n) is 13.8. The minimum absolute atomic E-state index is 0.0789. The zero-order valence-corrected chi connectivity index (χ0v) is 13.8. The summed E-state index contributed by atoms with van der Waals surface area (Å²) in [7, 11) is 0. The summed E-state index contributed by atoms with van der Waals surface area (Å²) in [5.74, 6) is 0.0920. The first-order valence-corrected chi connectivity index (χ1v) is 8.10. The second kappa shape index (κ2) is 6.82. The van der Waals surface area contributed by atoms with Crippen molar-refractivity contribution in [2.75, 3.05) is 13.1 Å². The fourth-order valence-corrected chi connectivity index (χ4v) is 2.88. The third-order valence-electron chi connectivity index (χ3n) is 4.04. The van der Waals surface area contributed by atoms with Gasteiger partial charge in [-0.1, -0.05) is 13.8 Å². The maximum atomic E-state index is 12.9. The highest BCUT2D eigenvalue weighted by Gasteiger charge is 2.34. The lowest BCUT2D eigenvalue weighted by molar-refractivity contribution is -0.128. The standard InChI is InChI=1S/C17H21N5O2/c1-12(2)9-15-16(23)19-7-8-21(15)17(24)13-10-20-22(11-13)14-3-5-18-6-4-14/h3-6,10-12,15H,7-9H2,1-2H3,(H,19,23). The van der Waals surface area contributed by atoms with E-state index < -0.39 is 6.04 Å². The molecule has 0 bridgehead atoms. The van der Waals surface area contributed by atoms with Crippen LogP contribution in [0.15, 0.2) is 36.9 Å². The Labute approximate surface area is 140 Å². The van der Waals surface area contributed by atoms with Crippen molar-refractivity contribution < 1.29 is 9.59 Å². The summed E-state index contributed by atoms with van der Waals surface area (Å²) < 4.78 is 1.64. The second-order valence-electron chi connectivity index (χ2n) is 6.31. The first kappa shape index (κ1) is 16.2. The van der Waals surface area contributed by atoms with E-state index in [1.54, 1.807) is 34.4 Å². The number of hydrogen-bond donors (Lipinski definition) is 1. The molecular weight excluding hydrogens is 306 g/mol. The minimum Gasteiger partial charge on any atom is -0.353 e. The molecular formula is C17H21N5O2. The Morgan fingerprint density at radius 2 is 2.12 bits per heavy atom. The Morgan fingerprint density at radius 1 is 1.38 bits per heavy atom. The van der Waals surface area contributed by atoms with Gasteiger partial charge >= 0.3 is 0 Å². The van der Waals surface area contributed by atoms with Crippen LogP contribution >= 0.6 is 0 Å². The van der Waals surface area contributed by atoms with Crippen LogP contribution in [0.25, 0.3) is 5.69 Å². The number of rotatable bonds is 4. The van der Waals surface area contributed by atoms with Gasteiger partial charge in [0, 0.05) is 31.7 Å². The monoisotopic (exact) mass is 327 g/mol. The Kier molecular flexibility index (Phi) is 4.59. The summed E-state index contributed by atoms with van der Waals surface area (Å²) in [6.07, 6.45) is 7.23. The van der Waals surface area contributed by atoms with Gasteiger partial charge in [-0.3, -0.25) is 14.6 Å². The van der Waals surface area contributed by atoms with Gasteiger partial charge in [0.1, 0.15) is 6.04 Å². The van der Waals surface area contributed by atoms with Gasteiger partial charge in [0.15, 0.2) is 0 Å². The van der Waals surface area contributed by atoms with Gasteiger partial charge in [-0.05, 0) is 24.5 Å². The molecule has 1 N–H and O–H groups in total. The molecule has 3 rings (SSSR count). The number of carbonyl (C=O) groups is 2. The molecule has 24 heavy (non-hydrogen) atoms. The van der Waals surface area contributed by atoms with Crippen LogP contribution < -0.4 is 5.32 Å². The number of aromatic nitrogens is 3. The van der Waals surface area contributed by atoms with Crippen molar-refractivity contribution in [3.8, 4) is 5.69 Å². The molecule has 0 saturated carbocycles. The summed E-state index contributed by atoms with van der Waals surface area (Å²) in [5.41, 5.74) is 1.31. The lowest BCUT2D eigenvalue weighted by atomic mass is 9.99. The molecule has 3 heterocycles. The van der Waals surface area contributed by atoms with E-state index in [1.807, 2.05) is 26.0 Å². The van der Waals surface area contributed by atoms with E-state index in [0.717, 1.165) is 5.69 Å². The molecule has 1 unspecified atom stereocenters. The quantitative estimate of drug-likeness (QED) is 0.916. The molecule has 1 atom stereocenters. The molecule has 7 nitrogen and oxygen atoms in total. The van der Waals surface area contributed by atoms with Gasteiger partial charge in [-0.25, -0.2) is 4.68 Å². The van der Waals surface area contributed by atoms with E-state index in [-0.39, 0.29) is 11.8 Å². The van der Waals surface area contributed by atoms with Crippen molar-refractivity contribution in [1.29, 1.82) is 0 Å². The normalized spacial score (nSPS) is 17.9. The Hall–Kier alpha value is -2.70. The molecule has 7 heteroatoms. The molecule has 1 fully saturated rings. The van der Waals surface area contributed by atoms with Crippen LogP contribution in [0.4, 0.5) is 0 Å². The average molecular weight is 327 g/mol. The SMILES string of the molecule is CC(C)CC1C(=O)NCCN1C(=O)c1cnn(-c2ccncc2)c1. The average Bonchev–Trinajstić information content (AvgIpc) is 3.06. The van der Waals surface area contributed by atoms with E-state index in [4.69, 9.17) is 0 Å². The smallest absolute Gasteiger partial charge is 0.257 e. The molecule has 0 aromatic carbocycles. The number of amides is 2. The van der Waals surface area contributed by atoms with Gasteiger partial charge in [0.05, 0.1) is 17.4 Å². The molecule has 0 radical (unpaired) electrons. The fraction of sp³-hybridized carbons (Fsp3) is 0.412. The van der Waals surface area contributed by atoms with E-state index >= 15 is 0 Å². The highest BCUT2D eigenvalue weighted by atomic mass is 16.2. The Bertz CT molecular complexity index is 726. The minimum atomic E-state index is -0.421. The van der Waals surface area contributed by atoms with Crippen LogP contribution in [0.3, 0.4) is 0 Å². The van der Waals surface area contributed by atoms with Crippen LogP contribution in [0, 0.1) is 5.92 Å². The number of pyridine rings is 1. The van der Waals surface area contributed by atoms with Crippen molar-refractivity contribution in [2.24, 2.45) is 5.92 Å². The van der Waals surface area contributed by atoms with E-state index in [2.05, 4.69) is 15.4 Å². The van der Waals surface area contributed by atoms with Crippen LogP contribution in [0.1, 0.15) is 30.6 Å². The Morgan fingerprint density at radius 3 is 2.83 bits per heavy atom. The second-order valence-corrected chi connectivity index (χ2v) is 6.31. The van der Waals surface area contributed by atoms with E-state index in [1.165, 1.54) is 0 Å². The molecule has 0 aliphatic carbocycles. The van der Waals surface area contributed by atoms with Gasteiger partial charge in [0.2, 0.25) is 5.91 Å². The third-order valence-corrected chi connectivity index (χ3v) is 4.04. The number of nitrogens with one attached hydrogen (secondary N) is 1. The van der Waals surface area contributed by atoms with Crippen molar-refractivity contribution >= 4 is 11.8 Å². The van der Waals surface area contributed by atoms with Crippen LogP contribution in [0.2, 0.25) is 0 Å². The summed E-state index contributed by atoms with van der Waals surface area (Å²) in [5, 5.41) is 7.09. The lowest BCUT2D eigenvalue weighted by Gasteiger charge is -2.35. The number of hydrogen-bond acceptors (Lipinski definition) is 4. The lowest BCUT2D eigenvalue weighted by Crippen LogP contribution is -2.57. The molecule has 1 aliphatic rings. The summed E-state index contributed by atoms with van der Waals surface area (Å²) in [4.78, 5) is 30.7. The summed E-state index contributed by atoms with van der Waals surface area (Å²) >= 11 is 0. The molecule has 126 valence electrons. The van der Waals surface area contributed by atoms with E-state index in [0.29, 0.717) is 31.0 Å². The predicted molar refractivity (Wildman–Crippen MR) is 88.6 cm³/mol. The van der Waals surface area contributed by atoms with Crippen LogP contribution in [-0.2, 0) is 4.79 Å². The van der Waals surface area contributed by atoms with Crippen molar-refractivity contribution in [3.63, 3.8) is 0 Å². The van der Waals surface area contributed by atoms with Crippen molar-refractivity contribution in [3.05, 3.63) is 42.5 Å². The third kappa shape index (κ3) is 3.29. The molecule has 1 saturated heterocycles. The van der Waals surface area contributed by atoms with Crippen molar-refractivity contribution in [1.82, 2.24) is 25.0 Å². The molecule has 1 aliphatic heterocycles. The van der Waals surface area contributed by atoms with Gasteiger partial charge in [0.25, 0.3) is 5.91 Å². The first-order valence-electron chi connectivity index (χ1n) is 8.10. The molecule has 0 spiro atoms. The number of carbonyl (C=O) groups excluding carboxylic acids is 2. The van der Waals surface area contributed by atoms with Gasteiger partial charge in [-0.15, -0.1) is 0 Å². The molecule has 2 aromatic rings. The fourth-order valence-electron chi connectivity index (χ4n) is 2.88. The summed E-state index contributed by atoms with van der Waals surface area (Å²) in [6, 6.07) is 3.21. The van der Waals surface area contributed by atoms with Crippen molar-refractivity contribution in [2.45, 2.75) is 26.3 Å². The Balaban J connectivity index is 1.82. The largest absolute Gasteiger partial charge is 0.353 e. The highest BCUT2D eigenvalue weighted by molar-refractivity contribution is 5.98. The van der Waals surface area contributed by atoms with E-state index in [9.17, 15) is 9.59 Å². The predicted octanol–water partition coefficient (Wildman–Crippen LogP) is 1.25. The maximum Gasteiger partial charge on any atom is 0.257 e. The highest BCUT2D eigenvalue weighted by Crippen LogP contribution is 2.18. The summed E-state index contributed by atoms with van der Waals surface area (Å²) in [6.45, 7) is 5.10. The van der Waals surface area contributed by atoms with Crippen LogP contribution in [0.5, 0.6) is 0 Å². The molecule has 2 amide bonds.